The van der Waals surface area contributed by atoms with Crippen molar-refractivity contribution in [2.75, 3.05) is 22.9 Å². The van der Waals surface area contributed by atoms with E-state index < -0.39 is 25.9 Å². The van der Waals surface area contributed by atoms with E-state index in [-0.39, 0.29) is 28.9 Å². The standard InChI is InChI=1S/C25H26N2O5S2/c1-26(22-10-6-3-7-11-22)34(31,32)24-14-12-21(13-15-24)25(28)27(18-20-8-4-2-5-9-20)23-16-17-33(29,30)19-23/h2-15,23H,16-19H2,1H3/t23-/m0/s1. The average Bonchev–Trinajstić information content (AvgIpc) is 3.22. The van der Waals surface area contributed by atoms with Crippen molar-refractivity contribution in [3.8, 4) is 0 Å². The molecule has 0 aliphatic carbocycles. The van der Waals surface area contributed by atoms with Crippen LogP contribution in [0.5, 0.6) is 0 Å². The predicted molar refractivity (Wildman–Crippen MR) is 132 cm³/mol. The summed E-state index contributed by atoms with van der Waals surface area (Å²) in [6.45, 7) is 0.274. The molecule has 0 bridgehead atoms. The van der Waals surface area contributed by atoms with Gasteiger partial charge in [0.25, 0.3) is 15.9 Å². The first kappa shape index (κ1) is 24.0. The zero-order valence-electron chi connectivity index (χ0n) is 18.7. The highest BCUT2D eigenvalue weighted by molar-refractivity contribution is 7.92. The predicted octanol–water partition coefficient (Wildman–Crippen LogP) is 3.34. The summed E-state index contributed by atoms with van der Waals surface area (Å²) in [5, 5.41) is 0. The van der Waals surface area contributed by atoms with Crippen LogP contribution in [0.2, 0.25) is 0 Å². The van der Waals surface area contributed by atoms with E-state index in [0.717, 1.165) is 5.56 Å². The Bertz CT molecular complexity index is 1360. The summed E-state index contributed by atoms with van der Waals surface area (Å²) in [6.07, 6.45) is 0.384. The number of amides is 1. The summed E-state index contributed by atoms with van der Waals surface area (Å²) in [5.74, 6) is -0.342. The summed E-state index contributed by atoms with van der Waals surface area (Å²) < 4.78 is 51.4. The lowest BCUT2D eigenvalue weighted by Gasteiger charge is -2.28. The van der Waals surface area contributed by atoms with Crippen molar-refractivity contribution in [2.24, 2.45) is 0 Å². The molecule has 0 unspecified atom stereocenters. The lowest BCUT2D eigenvalue weighted by atomic mass is 10.1. The van der Waals surface area contributed by atoms with E-state index in [9.17, 15) is 21.6 Å². The third-order valence-electron chi connectivity index (χ3n) is 5.99. The van der Waals surface area contributed by atoms with E-state index in [1.54, 1.807) is 35.2 Å². The molecule has 0 spiro atoms. The van der Waals surface area contributed by atoms with Crippen LogP contribution in [0.3, 0.4) is 0 Å². The van der Waals surface area contributed by atoms with Crippen LogP contribution in [0, 0.1) is 0 Å². The van der Waals surface area contributed by atoms with Crippen LogP contribution in [-0.2, 0) is 26.4 Å². The minimum absolute atomic E-state index is 0.0548. The van der Waals surface area contributed by atoms with Crippen LogP contribution in [0.15, 0.2) is 89.8 Å². The normalized spacial score (nSPS) is 17.3. The van der Waals surface area contributed by atoms with Gasteiger partial charge in [-0.1, -0.05) is 48.5 Å². The highest BCUT2D eigenvalue weighted by Crippen LogP contribution is 2.25. The number of nitrogens with zero attached hydrogens (tertiary/aromatic N) is 2. The molecule has 3 aromatic rings. The van der Waals surface area contributed by atoms with Crippen molar-refractivity contribution in [3.05, 3.63) is 96.1 Å². The summed E-state index contributed by atoms with van der Waals surface area (Å²) in [4.78, 5) is 15.1. The number of carbonyl (C=O) groups is 1. The molecule has 1 aliphatic heterocycles. The van der Waals surface area contributed by atoms with Gasteiger partial charge in [0, 0.05) is 25.2 Å². The van der Waals surface area contributed by atoms with E-state index in [1.165, 1.54) is 35.6 Å². The molecule has 1 atom stereocenters. The fraction of sp³-hybridized carbons (Fsp3) is 0.240. The molecular formula is C25H26N2O5S2. The average molecular weight is 499 g/mol. The number of rotatable bonds is 7. The van der Waals surface area contributed by atoms with Crippen molar-refractivity contribution in [3.63, 3.8) is 0 Å². The first-order valence-electron chi connectivity index (χ1n) is 10.9. The molecule has 1 amide bonds. The molecule has 0 N–H and O–H groups in total. The number of carbonyl (C=O) groups excluding carboxylic acids is 1. The largest absolute Gasteiger partial charge is 0.330 e. The Balaban J connectivity index is 1.60. The molecule has 1 fully saturated rings. The van der Waals surface area contributed by atoms with E-state index in [0.29, 0.717) is 17.7 Å². The Morgan fingerprint density at radius 2 is 1.50 bits per heavy atom. The lowest BCUT2D eigenvalue weighted by molar-refractivity contribution is 0.0681. The minimum atomic E-state index is -3.81. The summed E-state index contributed by atoms with van der Waals surface area (Å²) >= 11 is 0. The van der Waals surface area contributed by atoms with Gasteiger partial charge in [0.05, 0.1) is 22.1 Å². The zero-order valence-corrected chi connectivity index (χ0v) is 20.4. The maximum absolute atomic E-state index is 13.4. The number of hydrogen-bond donors (Lipinski definition) is 0. The molecule has 9 heteroatoms. The fourth-order valence-corrected chi connectivity index (χ4v) is 6.96. The molecule has 4 rings (SSSR count). The molecule has 1 heterocycles. The Labute approximate surface area is 200 Å². The second-order valence-electron chi connectivity index (χ2n) is 8.31. The summed E-state index contributed by atoms with van der Waals surface area (Å²) in [7, 11) is -5.52. The molecule has 178 valence electrons. The highest BCUT2D eigenvalue weighted by atomic mass is 32.2. The van der Waals surface area contributed by atoms with E-state index in [1.807, 2.05) is 30.3 Å². The SMILES string of the molecule is CN(c1ccccc1)S(=O)(=O)c1ccc(C(=O)N(Cc2ccccc2)[C@H]2CCS(=O)(=O)C2)cc1. The lowest BCUT2D eigenvalue weighted by Crippen LogP contribution is -2.40. The monoisotopic (exact) mass is 498 g/mol. The molecule has 7 nitrogen and oxygen atoms in total. The molecular weight excluding hydrogens is 472 g/mol. The number of sulfonamides is 1. The van der Waals surface area contributed by atoms with Gasteiger partial charge < -0.3 is 4.90 Å². The summed E-state index contributed by atoms with van der Waals surface area (Å²) in [6, 6.07) is 23.5. The topological polar surface area (TPSA) is 91.8 Å². The molecule has 1 aliphatic rings. The van der Waals surface area contributed by atoms with Crippen LogP contribution in [0.25, 0.3) is 0 Å². The number of benzene rings is 3. The third-order valence-corrected chi connectivity index (χ3v) is 9.54. The van der Waals surface area contributed by atoms with Crippen LogP contribution >= 0.6 is 0 Å². The van der Waals surface area contributed by atoms with Gasteiger partial charge in [-0.15, -0.1) is 0 Å². The van der Waals surface area contributed by atoms with Crippen molar-refractivity contribution in [1.29, 1.82) is 0 Å². The second kappa shape index (κ2) is 9.60. The Hall–Kier alpha value is -3.17. The van der Waals surface area contributed by atoms with Gasteiger partial charge in [-0.2, -0.15) is 0 Å². The molecule has 34 heavy (non-hydrogen) atoms. The second-order valence-corrected chi connectivity index (χ2v) is 12.5. The van der Waals surface area contributed by atoms with Crippen LogP contribution in [0.1, 0.15) is 22.3 Å². The van der Waals surface area contributed by atoms with Gasteiger partial charge >= 0.3 is 0 Å². The van der Waals surface area contributed by atoms with E-state index >= 15 is 0 Å². The minimum Gasteiger partial charge on any atom is -0.330 e. The number of hydrogen-bond acceptors (Lipinski definition) is 5. The number of anilines is 1. The Morgan fingerprint density at radius 3 is 2.06 bits per heavy atom. The first-order chi connectivity index (χ1) is 16.2. The van der Waals surface area contributed by atoms with E-state index in [2.05, 4.69) is 0 Å². The van der Waals surface area contributed by atoms with Gasteiger partial charge in [0.2, 0.25) is 0 Å². The maximum Gasteiger partial charge on any atom is 0.264 e. The van der Waals surface area contributed by atoms with Gasteiger partial charge in [0.15, 0.2) is 9.84 Å². The quantitative estimate of drug-likeness (QED) is 0.498. The van der Waals surface area contributed by atoms with E-state index in [4.69, 9.17) is 0 Å². The van der Waals surface area contributed by atoms with Crippen molar-refractivity contribution < 1.29 is 21.6 Å². The number of sulfone groups is 1. The maximum atomic E-state index is 13.4. The molecule has 3 aromatic carbocycles. The van der Waals surface area contributed by atoms with Gasteiger partial charge in [-0.25, -0.2) is 16.8 Å². The van der Waals surface area contributed by atoms with Crippen molar-refractivity contribution >= 4 is 31.5 Å². The fourth-order valence-electron chi connectivity index (χ4n) is 4.04. The molecule has 0 radical (unpaired) electrons. The summed E-state index contributed by atoms with van der Waals surface area (Å²) in [5.41, 5.74) is 1.73. The van der Waals surface area contributed by atoms with Gasteiger partial charge in [-0.05, 0) is 48.4 Å². The van der Waals surface area contributed by atoms with Crippen LogP contribution < -0.4 is 4.31 Å². The molecule has 1 saturated heterocycles. The molecule has 0 aromatic heterocycles. The third kappa shape index (κ3) is 5.15. The highest BCUT2D eigenvalue weighted by Gasteiger charge is 2.35. The van der Waals surface area contributed by atoms with Crippen molar-refractivity contribution in [2.45, 2.75) is 23.9 Å². The van der Waals surface area contributed by atoms with Crippen molar-refractivity contribution in [1.82, 2.24) is 4.90 Å². The van der Waals surface area contributed by atoms with Gasteiger partial charge in [-0.3, -0.25) is 9.10 Å². The van der Waals surface area contributed by atoms with Gasteiger partial charge in [0.1, 0.15) is 0 Å². The van der Waals surface area contributed by atoms with Crippen LogP contribution in [-0.4, -0.2) is 52.2 Å². The first-order valence-corrected chi connectivity index (χ1v) is 14.1. The Kier molecular flexibility index (Phi) is 6.77. The zero-order chi connectivity index (χ0) is 24.3. The molecule has 0 saturated carbocycles. The Morgan fingerprint density at radius 1 is 0.912 bits per heavy atom. The smallest absolute Gasteiger partial charge is 0.264 e. The number of para-hydroxylation sites is 1. The van der Waals surface area contributed by atoms with Crippen LogP contribution in [0.4, 0.5) is 5.69 Å².